The summed E-state index contributed by atoms with van der Waals surface area (Å²) in [4.78, 5) is 0. The SMILES string of the molecule is C=C(C)NC(=C)/C(C)=C/c1cccc(CCC2CCCC2)c1C.C=CC. The van der Waals surface area contributed by atoms with Gasteiger partial charge in [0.05, 0.1) is 0 Å². The van der Waals surface area contributed by atoms with Crippen molar-refractivity contribution in [3.05, 3.63) is 77.7 Å². The average molecular weight is 352 g/mol. The Labute approximate surface area is 161 Å². The fraction of sp³-hybridized carbons (Fsp3) is 0.440. The second-order valence-corrected chi connectivity index (χ2v) is 7.44. The molecular weight excluding hydrogens is 314 g/mol. The fourth-order valence-electron chi connectivity index (χ4n) is 3.47. The lowest BCUT2D eigenvalue weighted by Gasteiger charge is -2.14. The van der Waals surface area contributed by atoms with Gasteiger partial charge in [-0.15, -0.1) is 6.58 Å². The van der Waals surface area contributed by atoms with Gasteiger partial charge in [-0.2, -0.15) is 0 Å². The number of nitrogens with one attached hydrogen (secondary N) is 1. The van der Waals surface area contributed by atoms with Crippen LogP contribution in [0.3, 0.4) is 0 Å². The van der Waals surface area contributed by atoms with Crippen LogP contribution >= 0.6 is 0 Å². The van der Waals surface area contributed by atoms with Crippen LogP contribution in [0.1, 0.15) is 69.6 Å². The van der Waals surface area contributed by atoms with Crippen LogP contribution in [0.15, 0.2) is 61.0 Å². The Bertz CT molecular complexity index is 642. The first-order chi connectivity index (χ1) is 12.4. The summed E-state index contributed by atoms with van der Waals surface area (Å²) in [5.74, 6) is 0.954. The molecule has 1 nitrogen and oxygen atoms in total. The van der Waals surface area contributed by atoms with Gasteiger partial charge in [0, 0.05) is 11.4 Å². The summed E-state index contributed by atoms with van der Waals surface area (Å²) in [5.41, 5.74) is 7.21. The van der Waals surface area contributed by atoms with E-state index < -0.39 is 0 Å². The molecule has 1 aromatic carbocycles. The van der Waals surface area contributed by atoms with Crippen molar-refractivity contribution in [3.8, 4) is 0 Å². The Balaban J connectivity index is 0.00000105. The number of allylic oxidation sites excluding steroid dienone is 3. The fourth-order valence-corrected chi connectivity index (χ4v) is 3.47. The van der Waals surface area contributed by atoms with Crippen molar-refractivity contribution in [3.63, 3.8) is 0 Å². The van der Waals surface area contributed by atoms with Gasteiger partial charge in [0.25, 0.3) is 0 Å². The molecule has 1 aromatic rings. The molecule has 1 aliphatic rings. The molecule has 0 unspecified atom stereocenters. The number of hydrogen-bond donors (Lipinski definition) is 1. The number of hydrogen-bond acceptors (Lipinski definition) is 1. The number of benzene rings is 1. The van der Waals surface area contributed by atoms with E-state index in [2.05, 4.69) is 63.2 Å². The van der Waals surface area contributed by atoms with Gasteiger partial charge in [-0.05, 0) is 74.8 Å². The van der Waals surface area contributed by atoms with Crippen LogP contribution in [0.2, 0.25) is 0 Å². The van der Waals surface area contributed by atoms with Crippen LogP contribution in [-0.2, 0) is 6.42 Å². The average Bonchev–Trinajstić information content (AvgIpc) is 3.09. The highest BCUT2D eigenvalue weighted by molar-refractivity contribution is 5.61. The van der Waals surface area contributed by atoms with Crippen molar-refractivity contribution in [1.29, 1.82) is 0 Å². The second-order valence-electron chi connectivity index (χ2n) is 7.44. The minimum Gasteiger partial charge on any atom is -0.360 e. The standard InChI is InChI=1S/C22H31N.C3H6/c1-16(2)23-19(5)17(3)15-22-12-8-11-21(18(22)4)14-13-20-9-6-7-10-20;1-3-2/h8,11-12,15,20,23H,1,5-7,9-10,13-14H2,2-4H3;3H,1H2,2H3/b17-15+;. The Morgan fingerprint density at radius 1 is 1.19 bits per heavy atom. The molecule has 0 aliphatic heterocycles. The van der Waals surface area contributed by atoms with E-state index >= 15 is 0 Å². The molecule has 0 saturated heterocycles. The minimum atomic E-state index is 0.921. The van der Waals surface area contributed by atoms with Crippen molar-refractivity contribution in [2.24, 2.45) is 5.92 Å². The molecule has 0 radical (unpaired) electrons. The largest absolute Gasteiger partial charge is 0.360 e. The first-order valence-electron chi connectivity index (χ1n) is 9.84. The van der Waals surface area contributed by atoms with Gasteiger partial charge in [-0.25, -0.2) is 0 Å². The zero-order chi connectivity index (χ0) is 19.5. The molecular formula is C25H37N. The van der Waals surface area contributed by atoms with E-state index in [0.717, 1.165) is 22.9 Å². The quantitative estimate of drug-likeness (QED) is 0.400. The summed E-state index contributed by atoms with van der Waals surface area (Å²) in [6, 6.07) is 6.68. The zero-order valence-electron chi connectivity index (χ0n) is 17.3. The molecule has 2 rings (SSSR count). The van der Waals surface area contributed by atoms with E-state index in [1.165, 1.54) is 55.2 Å². The third-order valence-electron chi connectivity index (χ3n) is 5.00. The smallest absolute Gasteiger partial charge is 0.0338 e. The highest BCUT2D eigenvalue weighted by atomic mass is 14.9. The Morgan fingerprint density at radius 2 is 1.81 bits per heavy atom. The van der Waals surface area contributed by atoms with Crippen molar-refractivity contribution >= 4 is 6.08 Å². The first-order valence-corrected chi connectivity index (χ1v) is 9.84. The highest BCUT2D eigenvalue weighted by Crippen LogP contribution is 2.29. The molecule has 0 amide bonds. The number of rotatable bonds is 7. The van der Waals surface area contributed by atoms with Gasteiger partial charge < -0.3 is 5.32 Å². The van der Waals surface area contributed by atoms with E-state index in [9.17, 15) is 0 Å². The summed E-state index contributed by atoms with van der Waals surface area (Å²) in [6.45, 7) is 19.5. The van der Waals surface area contributed by atoms with Crippen LogP contribution < -0.4 is 5.32 Å². The maximum absolute atomic E-state index is 4.09. The van der Waals surface area contributed by atoms with Gasteiger partial charge in [-0.1, -0.05) is 63.1 Å². The molecule has 0 atom stereocenters. The molecule has 1 N–H and O–H groups in total. The lowest BCUT2D eigenvalue weighted by Crippen LogP contribution is -2.09. The Morgan fingerprint density at radius 3 is 2.38 bits per heavy atom. The monoisotopic (exact) mass is 351 g/mol. The predicted octanol–water partition coefficient (Wildman–Crippen LogP) is 7.35. The van der Waals surface area contributed by atoms with Crippen molar-refractivity contribution in [2.75, 3.05) is 0 Å². The molecule has 1 heteroatoms. The third kappa shape index (κ3) is 7.47. The predicted molar refractivity (Wildman–Crippen MR) is 118 cm³/mol. The molecule has 0 heterocycles. The van der Waals surface area contributed by atoms with Gasteiger partial charge in [0.1, 0.15) is 0 Å². The van der Waals surface area contributed by atoms with Gasteiger partial charge in [-0.3, -0.25) is 0 Å². The maximum atomic E-state index is 4.09. The van der Waals surface area contributed by atoms with Crippen LogP contribution in [0.25, 0.3) is 6.08 Å². The topological polar surface area (TPSA) is 12.0 Å². The summed E-state index contributed by atoms with van der Waals surface area (Å²) in [7, 11) is 0. The van der Waals surface area contributed by atoms with Crippen molar-refractivity contribution < 1.29 is 0 Å². The van der Waals surface area contributed by atoms with E-state index in [1.807, 2.05) is 13.8 Å². The van der Waals surface area contributed by atoms with E-state index in [-0.39, 0.29) is 0 Å². The van der Waals surface area contributed by atoms with Gasteiger partial charge in [0.15, 0.2) is 0 Å². The Hall–Kier alpha value is -2.02. The molecule has 1 saturated carbocycles. The summed E-state index contributed by atoms with van der Waals surface area (Å²) >= 11 is 0. The molecule has 26 heavy (non-hydrogen) atoms. The molecule has 1 aliphatic carbocycles. The van der Waals surface area contributed by atoms with Gasteiger partial charge >= 0.3 is 0 Å². The highest BCUT2D eigenvalue weighted by Gasteiger charge is 2.15. The van der Waals surface area contributed by atoms with E-state index in [0.29, 0.717) is 0 Å². The molecule has 0 spiro atoms. The van der Waals surface area contributed by atoms with Crippen molar-refractivity contribution in [1.82, 2.24) is 5.32 Å². The zero-order valence-corrected chi connectivity index (χ0v) is 17.3. The van der Waals surface area contributed by atoms with Crippen molar-refractivity contribution in [2.45, 2.75) is 66.2 Å². The van der Waals surface area contributed by atoms with Crippen LogP contribution in [0.5, 0.6) is 0 Å². The lowest BCUT2D eigenvalue weighted by molar-refractivity contribution is 0.503. The molecule has 142 valence electrons. The van der Waals surface area contributed by atoms with E-state index in [1.54, 1.807) is 6.08 Å². The Kier molecular flexibility index (Phi) is 9.80. The van der Waals surface area contributed by atoms with Gasteiger partial charge in [0.2, 0.25) is 0 Å². The summed E-state index contributed by atoms with van der Waals surface area (Å²) < 4.78 is 0. The van der Waals surface area contributed by atoms with Crippen LogP contribution in [0, 0.1) is 12.8 Å². The minimum absolute atomic E-state index is 0.921. The third-order valence-corrected chi connectivity index (χ3v) is 5.00. The lowest BCUT2D eigenvalue weighted by atomic mass is 9.93. The van der Waals surface area contributed by atoms with E-state index in [4.69, 9.17) is 0 Å². The maximum Gasteiger partial charge on any atom is 0.0338 e. The summed E-state index contributed by atoms with van der Waals surface area (Å²) in [6.07, 6.45) is 12.3. The molecule has 1 fully saturated rings. The first kappa shape index (κ1) is 22.0. The van der Waals surface area contributed by atoms with Crippen LogP contribution in [0.4, 0.5) is 0 Å². The summed E-state index contributed by atoms with van der Waals surface area (Å²) in [5, 5.41) is 3.20. The molecule has 0 bridgehead atoms. The van der Waals surface area contributed by atoms with Crippen LogP contribution in [-0.4, -0.2) is 0 Å². The second kappa shape index (κ2) is 11.6. The molecule has 0 aromatic heterocycles. The number of aryl methyl sites for hydroxylation is 1. The normalized spacial score (nSPS) is 14.4.